The molecule has 0 radical (unpaired) electrons. The van der Waals surface area contributed by atoms with Crippen LogP contribution in [0.15, 0.2) is 170 Å². The Morgan fingerprint density at radius 2 is 1.00 bits per heavy atom. The molecule has 0 saturated heterocycles. The smallest absolute Gasteiger partial charge is 0.238 e. The molecule has 0 unspecified atom stereocenters. The minimum Gasteiger partial charge on any atom is -0.277 e. The van der Waals surface area contributed by atoms with E-state index >= 15 is 0 Å². The van der Waals surface area contributed by atoms with Crippen LogP contribution in [0, 0.1) is 0 Å². The second-order valence-corrected chi connectivity index (χ2v) is 14.1. The zero-order valence-electron chi connectivity index (χ0n) is 29.0. The van der Waals surface area contributed by atoms with Crippen molar-refractivity contribution in [2.75, 3.05) is 0 Å². The average Bonchev–Trinajstić information content (AvgIpc) is 3.67. The maximum absolute atomic E-state index is 5.33. The van der Waals surface area contributed by atoms with Crippen LogP contribution in [0.4, 0.5) is 0 Å². The molecule has 4 heteroatoms. The highest BCUT2D eigenvalue weighted by Crippen LogP contribution is 2.52. The van der Waals surface area contributed by atoms with E-state index in [0.717, 1.165) is 38.9 Å². The van der Waals surface area contributed by atoms with Gasteiger partial charge in [0.15, 0.2) is 11.6 Å². The molecule has 0 aliphatic heterocycles. The van der Waals surface area contributed by atoms with Gasteiger partial charge in [0.25, 0.3) is 0 Å². The molecular weight excluding hydrogens is 633 g/mol. The first-order valence-corrected chi connectivity index (χ1v) is 17.8. The number of fused-ring (bicyclic) bond motifs is 7. The highest BCUT2D eigenvalue weighted by Gasteiger charge is 2.38. The van der Waals surface area contributed by atoms with Crippen LogP contribution in [0.25, 0.3) is 83.9 Å². The summed E-state index contributed by atoms with van der Waals surface area (Å²) in [7, 11) is 0. The molecule has 2 heterocycles. The van der Waals surface area contributed by atoms with Gasteiger partial charge < -0.3 is 0 Å². The van der Waals surface area contributed by atoms with Crippen LogP contribution in [-0.2, 0) is 5.41 Å². The third kappa shape index (κ3) is 4.72. The SMILES string of the molecule is CC1(C)c2ccccc2-c2ccc3c4ccccc4n(-c4nc(-c5ccc(-c6ccccc6)cc5)nc(-c5cccc(-c6ccccc6)c5)n4)c3c21. The van der Waals surface area contributed by atoms with Gasteiger partial charge in [-0.3, -0.25) is 4.57 Å². The molecule has 0 bridgehead atoms. The Morgan fingerprint density at radius 1 is 0.423 bits per heavy atom. The van der Waals surface area contributed by atoms with E-state index in [1.165, 1.54) is 38.6 Å². The van der Waals surface area contributed by atoms with Crippen molar-refractivity contribution in [2.24, 2.45) is 0 Å². The normalized spacial score (nSPS) is 13.0. The van der Waals surface area contributed by atoms with Crippen molar-refractivity contribution < 1.29 is 0 Å². The molecule has 10 rings (SSSR count). The summed E-state index contributed by atoms with van der Waals surface area (Å²) in [6.07, 6.45) is 0. The van der Waals surface area contributed by atoms with Crippen molar-refractivity contribution in [3.8, 4) is 62.1 Å². The van der Waals surface area contributed by atoms with E-state index in [9.17, 15) is 0 Å². The summed E-state index contributed by atoms with van der Waals surface area (Å²) < 4.78 is 2.28. The zero-order chi connectivity index (χ0) is 34.8. The lowest BCUT2D eigenvalue weighted by atomic mass is 9.81. The molecule has 2 aromatic heterocycles. The first-order chi connectivity index (χ1) is 25.5. The van der Waals surface area contributed by atoms with Gasteiger partial charge in [-0.1, -0.05) is 172 Å². The summed E-state index contributed by atoms with van der Waals surface area (Å²) in [4.78, 5) is 15.8. The van der Waals surface area contributed by atoms with Gasteiger partial charge in [-0.15, -0.1) is 0 Å². The zero-order valence-corrected chi connectivity index (χ0v) is 29.0. The second-order valence-electron chi connectivity index (χ2n) is 14.1. The Kier molecular flexibility index (Phi) is 6.80. The predicted octanol–water partition coefficient (Wildman–Crippen LogP) is 11.9. The van der Waals surface area contributed by atoms with E-state index in [1.807, 2.05) is 12.1 Å². The van der Waals surface area contributed by atoms with Crippen LogP contribution in [0.3, 0.4) is 0 Å². The molecule has 246 valence electrons. The van der Waals surface area contributed by atoms with Gasteiger partial charge in [0.05, 0.1) is 11.0 Å². The van der Waals surface area contributed by atoms with E-state index in [4.69, 9.17) is 15.0 Å². The number of rotatable bonds is 5. The third-order valence-corrected chi connectivity index (χ3v) is 10.7. The molecule has 0 amide bonds. The quantitative estimate of drug-likeness (QED) is 0.184. The topological polar surface area (TPSA) is 43.6 Å². The number of aromatic nitrogens is 4. The lowest BCUT2D eigenvalue weighted by Gasteiger charge is -2.23. The van der Waals surface area contributed by atoms with Crippen molar-refractivity contribution >= 4 is 21.8 Å². The Bertz CT molecular complexity index is 2800. The summed E-state index contributed by atoms with van der Waals surface area (Å²) >= 11 is 0. The first-order valence-electron chi connectivity index (χ1n) is 17.8. The minimum atomic E-state index is -0.229. The summed E-state index contributed by atoms with van der Waals surface area (Å²) in [5.74, 6) is 1.86. The molecule has 4 nitrogen and oxygen atoms in total. The predicted molar refractivity (Wildman–Crippen MR) is 213 cm³/mol. The molecule has 0 atom stereocenters. The largest absolute Gasteiger partial charge is 0.277 e. The monoisotopic (exact) mass is 666 g/mol. The number of hydrogen-bond donors (Lipinski definition) is 0. The van der Waals surface area contributed by atoms with Gasteiger partial charge in [0, 0.05) is 27.3 Å². The number of benzene rings is 7. The van der Waals surface area contributed by atoms with Crippen molar-refractivity contribution in [3.63, 3.8) is 0 Å². The van der Waals surface area contributed by atoms with E-state index in [-0.39, 0.29) is 5.41 Å². The fourth-order valence-electron chi connectivity index (χ4n) is 8.15. The second kappa shape index (κ2) is 11.7. The van der Waals surface area contributed by atoms with E-state index in [2.05, 4.69) is 176 Å². The molecule has 0 fully saturated rings. The Morgan fingerprint density at radius 3 is 1.77 bits per heavy atom. The van der Waals surface area contributed by atoms with Crippen LogP contribution in [-0.4, -0.2) is 19.5 Å². The molecule has 0 spiro atoms. The molecule has 1 aliphatic rings. The summed E-state index contributed by atoms with van der Waals surface area (Å²) in [6, 6.07) is 60.0. The Labute approximate surface area is 302 Å². The van der Waals surface area contributed by atoms with Gasteiger partial charge in [-0.05, 0) is 56.6 Å². The average molecular weight is 667 g/mol. The molecule has 0 saturated carbocycles. The summed E-state index contributed by atoms with van der Waals surface area (Å²) in [5, 5.41) is 2.37. The highest BCUT2D eigenvalue weighted by atomic mass is 15.2. The Balaban J connectivity index is 1.24. The van der Waals surface area contributed by atoms with Crippen molar-refractivity contribution in [1.82, 2.24) is 19.5 Å². The van der Waals surface area contributed by atoms with Crippen LogP contribution in [0.2, 0.25) is 0 Å². The number of para-hydroxylation sites is 1. The Hall–Kier alpha value is -6.65. The summed E-state index contributed by atoms with van der Waals surface area (Å²) in [5.41, 5.74) is 13.6. The van der Waals surface area contributed by atoms with Gasteiger partial charge >= 0.3 is 0 Å². The maximum atomic E-state index is 5.33. The fraction of sp³-hybridized carbons (Fsp3) is 0.0625. The van der Waals surface area contributed by atoms with Gasteiger partial charge in [-0.2, -0.15) is 9.97 Å². The molecule has 1 aliphatic carbocycles. The van der Waals surface area contributed by atoms with Crippen LogP contribution < -0.4 is 0 Å². The lowest BCUT2D eigenvalue weighted by molar-refractivity contribution is 0.663. The molecule has 52 heavy (non-hydrogen) atoms. The standard InChI is InChI=1S/C48H34N4/c1-48(2)41-22-11-9-20-37(41)39-28-29-40-38-21-10-12-23-42(38)52(44(40)43(39)48)47-50-45(34-26-24-33(25-27-34)31-14-5-3-6-15-31)49-46(51-47)36-19-13-18-35(30-36)32-16-7-4-8-17-32/h3-30H,1-2H3. The van der Waals surface area contributed by atoms with Gasteiger partial charge in [0.1, 0.15) is 0 Å². The number of nitrogens with zero attached hydrogens (tertiary/aromatic N) is 4. The summed E-state index contributed by atoms with van der Waals surface area (Å²) in [6.45, 7) is 4.68. The first kappa shape index (κ1) is 30.2. The lowest BCUT2D eigenvalue weighted by Crippen LogP contribution is -2.17. The van der Waals surface area contributed by atoms with Crippen molar-refractivity contribution in [1.29, 1.82) is 0 Å². The van der Waals surface area contributed by atoms with Crippen molar-refractivity contribution in [3.05, 3.63) is 181 Å². The number of hydrogen-bond acceptors (Lipinski definition) is 3. The van der Waals surface area contributed by atoms with Gasteiger partial charge in [-0.25, -0.2) is 4.98 Å². The van der Waals surface area contributed by atoms with Crippen LogP contribution in [0.5, 0.6) is 0 Å². The molecule has 0 N–H and O–H groups in total. The van der Waals surface area contributed by atoms with Crippen LogP contribution in [0.1, 0.15) is 25.0 Å². The minimum absolute atomic E-state index is 0.229. The van der Waals surface area contributed by atoms with Gasteiger partial charge in [0.2, 0.25) is 5.95 Å². The molecular formula is C48H34N4. The maximum Gasteiger partial charge on any atom is 0.238 e. The van der Waals surface area contributed by atoms with E-state index < -0.39 is 0 Å². The van der Waals surface area contributed by atoms with Crippen molar-refractivity contribution in [2.45, 2.75) is 19.3 Å². The van der Waals surface area contributed by atoms with Crippen LogP contribution >= 0.6 is 0 Å². The third-order valence-electron chi connectivity index (χ3n) is 10.7. The van der Waals surface area contributed by atoms with E-state index in [0.29, 0.717) is 17.6 Å². The molecule has 7 aromatic carbocycles. The fourth-order valence-corrected chi connectivity index (χ4v) is 8.15. The van der Waals surface area contributed by atoms with E-state index in [1.54, 1.807) is 0 Å². The molecule has 9 aromatic rings. The highest BCUT2D eigenvalue weighted by molar-refractivity contribution is 6.13.